The van der Waals surface area contributed by atoms with Gasteiger partial charge >= 0.3 is 0 Å². The van der Waals surface area contributed by atoms with Gasteiger partial charge in [-0.05, 0) is 6.42 Å². The quantitative estimate of drug-likeness (QED) is 0.700. The van der Waals surface area contributed by atoms with Crippen molar-refractivity contribution >= 4 is 21.8 Å². The summed E-state index contributed by atoms with van der Waals surface area (Å²) in [5.74, 6) is 0.171. The van der Waals surface area contributed by atoms with Crippen LogP contribution in [0.4, 0.5) is 0 Å². The Bertz CT molecular complexity index is 151. The van der Waals surface area contributed by atoms with E-state index >= 15 is 0 Å². The van der Waals surface area contributed by atoms with Crippen molar-refractivity contribution in [3.05, 3.63) is 0 Å². The minimum atomic E-state index is -0.419. The second-order valence-electron chi connectivity index (χ2n) is 2.75. The van der Waals surface area contributed by atoms with Gasteiger partial charge in [-0.15, -0.1) is 0 Å². The van der Waals surface area contributed by atoms with Gasteiger partial charge in [0.15, 0.2) is 0 Å². The number of amides is 1. The number of nitrogens with zero attached hydrogens (tertiary/aromatic N) is 1. The van der Waals surface area contributed by atoms with E-state index in [1.165, 1.54) is 0 Å². The Morgan fingerprint density at radius 1 is 1.73 bits per heavy atom. The number of carbonyl (C=O) groups is 1. The molecule has 1 rings (SSSR count). The fraction of sp³-hybridized carbons (Fsp3) is 0.857. The van der Waals surface area contributed by atoms with Gasteiger partial charge in [-0.2, -0.15) is 0 Å². The average molecular weight is 222 g/mol. The molecule has 1 aliphatic rings. The topological polar surface area (TPSA) is 40.5 Å². The molecule has 0 saturated carbocycles. The fourth-order valence-corrected chi connectivity index (χ4v) is 1.41. The Morgan fingerprint density at radius 2 is 2.45 bits per heavy atom. The van der Waals surface area contributed by atoms with Crippen molar-refractivity contribution in [2.24, 2.45) is 0 Å². The van der Waals surface area contributed by atoms with Crippen molar-refractivity contribution < 1.29 is 9.90 Å². The van der Waals surface area contributed by atoms with E-state index in [9.17, 15) is 9.90 Å². The van der Waals surface area contributed by atoms with E-state index in [0.717, 1.165) is 13.0 Å². The first-order chi connectivity index (χ1) is 5.24. The Balaban J connectivity index is 2.30. The lowest BCUT2D eigenvalue weighted by Crippen LogP contribution is -2.33. The second-order valence-corrected chi connectivity index (χ2v) is 3.40. The first-order valence-electron chi connectivity index (χ1n) is 3.76. The van der Waals surface area contributed by atoms with Gasteiger partial charge in [0.2, 0.25) is 5.91 Å². The molecule has 1 heterocycles. The Hall–Kier alpha value is -0.0900. The van der Waals surface area contributed by atoms with E-state index < -0.39 is 6.10 Å². The largest absolute Gasteiger partial charge is 0.390 e. The summed E-state index contributed by atoms with van der Waals surface area (Å²) in [7, 11) is 0. The maximum absolute atomic E-state index is 11.0. The molecule has 0 aromatic rings. The van der Waals surface area contributed by atoms with Crippen LogP contribution in [0.2, 0.25) is 0 Å². The number of β-amino-alcohol motifs (C(OH)–C–C–N with tert-alkyl or cyclic N) is 1. The predicted molar refractivity (Wildman–Crippen MR) is 45.6 cm³/mol. The van der Waals surface area contributed by atoms with Crippen LogP contribution in [-0.4, -0.2) is 40.4 Å². The molecule has 3 nitrogen and oxygen atoms in total. The molecule has 4 heteroatoms. The molecule has 1 atom stereocenters. The zero-order chi connectivity index (χ0) is 8.27. The van der Waals surface area contributed by atoms with Crippen molar-refractivity contribution in [1.29, 1.82) is 0 Å². The molecule has 1 amide bonds. The third kappa shape index (κ3) is 2.45. The van der Waals surface area contributed by atoms with E-state index in [-0.39, 0.29) is 5.91 Å². The lowest BCUT2D eigenvalue weighted by Gasteiger charge is -2.17. The summed E-state index contributed by atoms with van der Waals surface area (Å²) >= 11 is 3.15. The van der Waals surface area contributed by atoms with E-state index in [1.807, 2.05) is 0 Å². The third-order valence-corrected chi connectivity index (χ3v) is 2.53. The molecule has 0 spiro atoms. The number of hydrogen-bond donors (Lipinski definition) is 1. The summed E-state index contributed by atoms with van der Waals surface area (Å²) in [4.78, 5) is 12.7. The number of aliphatic hydroxyl groups is 1. The van der Waals surface area contributed by atoms with Gasteiger partial charge in [0, 0.05) is 24.8 Å². The molecule has 1 unspecified atom stereocenters. The first-order valence-corrected chi connectivity index (χ1v) is 4.88. The molecule has 64 valence electrons. The highest BCUT2D eigenvalue weighted by molar-refractivity contribution is 9.09. The smallest absolute Gasteiger partial charge is 0.222 e. The SMILES string of the molecule is O=C1CCCN1CC(O)CBr. The molecule has 0 bridgehead atoms. The summed E-state index contributed by atoms with van der Waals surface area (Å²) in [6.45, 7) is 1.28. The van der Waals surface area contributed by atoms with E-state index in [1.54, 1.807) is 4.90 Å². The van der Waals surface area contributed by atoms with E-state index in [4.69, 9.17) is 0 Å². The normalized spacial score (nSPS) is 20.9. The highest BCUT2D eigenvalue weighted by Gasteiger charge is 2.21. The van der Waals surface area contributed by atoms with Gasteiger partial charge in [0.1, 0.15) is 0 Å². The van der Waals surface area contributed by atoms with Crippen LogP contribution >= 0.6 is 15.9 Å². The first kappa shape index (κ1) is 9.00. The molecule has 0 radical (unpaired) electrons. The van der Waals surface area contributed by atoms with Crippen LogP contribution < -0.4 is 0 Å². The third-order valence-electron chi connectivity index (χ3n) is 1.78. The molecule has 0 aliphatic carbocycles. The van der Waals surface area contributed by atoms with Crippen LogP contribution in [0.15, 0.2) is 0 Å². The molecule has 1 aliphatic heterocycles. The highest BCUT2D eigenvalue weighted by Crippen LogP contribution is 2.10. The maximum atomic E-state index is 11.0. The lowest BCUT2D eigenvalue weighted by molar-refractivity contribution is -0.128. The van der Waals surface area contributed by atoms with E-state index in [2.05, 4.69) is 15.9 Å². The predicted octanol–water partition coefficient (Wildman–Crippen LogP) is 0.365. The number of alkyl halides is 1. The number of carbonyl (C=O) groups excluding carboxylic acids is 1. The van der Waals surface area contributed by atoms with Crippen molar-refractivity contribution in [1.82, 2.24) is 4.90 Å². The summed E-state index contributed by atoms with van der Waals surface area (Å²) in [6.07, 6.45) is 1.17. The molecular weight excluding hydrogens is 210 g/mol. The van der Waals surface area contributed by atoms with Crippen molar-refractivity contribution in [3.63, 3.8) is 0 Å². The number of halogens is 1. The van der Waals surface area contributed by atoms with Gasteiger partial charge in [-0.1, -0.05) is 15.9 Å². The summed E-state index contributed by atoms with van der Waals surface area (Å²) in [5, 5.41) is 9.73. The van der Waals surface area contributed by atoms with Crippen LogP contribution in [0, 0.1) is 0 Å². The minimum absolute atomic E-state index is 0.171. The van der Waals surface area contributed by atoms with Crippen molar-refractivity contribution in [2.75, 3.05) is 18.4 Å². The number of hydrogen-bond acceptors (Lipinski definition) is 2. The van der Waals surface area contributed by atoms with Crippen LogP contribution in [0.3, 0.4) is 0 Å². The van der Waals surface area contributed by atoms with Gasteiger partial charge in [0.25, 0.3) is 0 Å². The molecule has 1 N–H and O–H groups in total. The van der Waals surface area contributed by atoms with Crippen LogP contribution in [-0.2, 0) is 4.79 Å². The number of aliphatic hydroxyl groups excluding tert-OH is 1. The Kier molecular flexibility index (Phi) is 3.33. The molecule has 11 heavy (non-hydrogen) atoms. The van der Waals surface area contributed by atoms with Gasteiger partial charge in [0.05, 0.1) is 6.10 Å². The zero-order valence-electron chi connectivity index (χ0n) is 6.29. The molecule has 1 fully saturated rings. The zero-order valence-corrected chi connectivity index (χ0v) is 7.88. The fourth-order valence-electron chi connectivity index (χ4n) is 1.20. The summed E-state index contributed by atoms with van der Waals surface area (Å²) in [5.41, 5.74) is 0. The number of likely N-dealkylation sites (tertiary alicyclic amines) is 1. The molecule has 0 aromatic heterocycles. The molecular formula is C7H12BrNO2. The summed E-state index contributed by atoms with van der Waals surface area (Å²) in [6, 6.07) is 0. The Labute approximate surface area is 74.5 Å². The highest BCUT2D eigenvalue weighted by atomic mass is 79.9. The molecule has 1 saturated heterocycles. The van der Waals surface area contributed by atoms with Gasteiger partial charge in [-0.3, -0.25) is 4.79 Å². The second kappa shape index (κ2) is 4.07. The van der Waals surface area contributed by atoms with E-state index in [0.29, 0.717) is 18.3 Å². The average Bonchev–Trinajstić information content (AvgIpc) is 2.37. The monoisotopic (exact) mass is 221 g/mol. The maximum Gasteiger partial charge on any atom is 0.222 e. The lowest BCUT2D eigenvalue weighted by atomic mass is 10.4. The minimum Gasteiger partial charge on any atom is -0.390 e. The van der Waals surface area contributed by atoms with Gasteiger partial charge < -0.3 is 10.0 Å². The van der Waals surface area contributed by atoms with Crippen LogP contribution in [0.25, 0.3) is 0 Å². The Morgan fingerprint density at radius 3 is 2.91 bits per heavy atom. The van der Waals surface area contributed by atoms with Crippen molar-refractivity contribution in [3.8, 4) is 0 Å². The van der Waals surface area contributed by atoms with Crippen molar-refractivity contribution in [2.45, 2.75) is 18.9 Å². The van der Waals surface area contributed by atoms with Gasteiger partial charge in [-0.25, -0.2) is 0 Å². The standard InChI is InChI=1S/C7H12BrNO2/c8-4-6(10)5-9-3-1-2-7(9)11/h6,10H,1-5H2. The summed E-state index contributed by atoms with van der Waals surface area (Å²) < 4.78 is 0. The van der Waals surface area contributed by atoms with Crippen LogP contribution in [0.1, 0.15) is 12.8 Å². The number of rotatable bonds is 3. The van der Waals surface area contributed by atoms with Crippen LogP contribution in [0.5, 0.6) is 0 Å². The molecule has 0 aromatic carbocycles.